The second-order valence-electron chi connectivity index (χ2n) is 7.46. The number of rotatable bonds is 17. The number of allylic oxidation sites excluding steroid dienone is 1. The first kappa shape index (κ1) is 25.2. The van der Waals surface area contributed by atoms with Gasteiger partial charge in [0.2, 0.25) is 0 Å². The lowest BCUT2D eigenvalue weighted by atomic mass is 9.98. The van der Waals surface area contributed by atoms with Crippen LogP contribution in [-0.2, 0) is 4.79 Å². The van der Waals surface area contributed by atoms with Crippen molar-refractivity contribution in [2.75, 3.05) is 0 Å². The number of unbranched alkanes of at least 4 members (excludes halogenated alkanes) is 11. The zero-order valence-electron chi connectivity index (χ0n) is 16.9. The van der Waals surface area contributed by atoms with Crippen LogP contribution in [0, 0.1) is 0 Å². The normalized spacial score (nSPS) is 16.5. The van der Waals surface area contributed by atoms with Gasteiger partial charge in [0.15, 0.2) is 5.78 Å². The molecule has 0 fully saturated rings. The number of carbonyl (C=O) groups is 1. The number of carbonyl (C=O) groups excluding carboxylic acids is 1. The Morgan fingerprint density at radius 1 is 0.885 bits per heavy atom. The maximum atomic E-state index is 11.6. The molecule has 0 aliphatic heterocycles. The smallest absolute Gasteiger partial charge is 0.179 e. The van der Waals surface area contributed by atoms with E-state index in [4.69, 9.17) is 11.5 Å². The highest BCUT2D eigenvalue weighted by Gasteiger charge is 2.29. The van der Waals surface area contributed by atoms with E-state index in [1.165, 1.54) is 71.1 Å². The number of nitrogens with two attached hydrogens (primary N) is 2. The van der Waals surface area contributed by atoms with Gasteiger partial charge in [-0.1, -0.05) is 83.3 Å². The molecule has 0 aromatic carbocycles. The van der Waals surface area contributed by atoms with E-state index in [1.54, 1.807) is 6.08 Å². The van der Waals surface area contributed by atoms with E-state index < -0.39 is 30.1 Å². The molecule has 0 aliphatic carbocycles. The fraction of sp³-hybridized carbons (Fsp3) is 0.857. The average molecular weight is 371 g/mol. The zero-order valence-corrected chi connectivity index (χ0v) is 16.9. The largest absolute Gasteiger partial charge is 0.387 e. The molecule has 5 heteroatoms. The van der Waals surface area contributed by atoms with Crippen molar-refractivity contribution < 1.29 is 15.0 Å². The van der Waals surface area contributed by atoms with Gasteiger partial charge in [0, 0.05) is 0 Å². The van der Waals surface area contributed by atoms with Crippen LogP contribution in [0.2, 0.25) is 0 Å². The summed E-state index contributed by atoms with van der Waals surface area (Å²) in [5.74, 6) is -0.546. The highest BCUT2D eigenvalue weighted by Crippen LogP contribution is 2.12. The highest BCUT2D eigenvalue weighted by molar-refractivity contribution is 5.88. The van der Waals surface area contributed by atoms with Crippen molar-refractivity contribution in [3.8, 4) is 0 Å². The van der Waals surface area contributed by atoms with Gasteiger partial charge in [0.25, 0.3) is 0 Å². The molecule has 1 unspecified atom stereocenters. The zero-order chi connectivity index (χ0) is 19.8. The summed E-state index contributed by atoms with van der Waals surface area (Å²) in [4.78, 5) is 11.6. The fourth-order valence-corrected chi connectivity index (χ4v) is 2.94. The van der Waals surface area contributed by atoms with E-state index in [1.807, 2.05) is 6.08 Å². The Morgan fingerprint density at radius 3 is 1.81 bits per heavy atom. The SMILES string of the molecule is CCCCCCCCCCCCC/C=C/[C@@H](O)[C@@H](N)C(O)C(=O)[C@H](C)N. The van der Waals surface area contributed by atoms with Crippen LogP contribution >= 0.6 is 0 Å². The van der Waals surface area contributed by atoms with Gasteiger partial charge in [0.05, 0.1) is 18.2 Å². The second kappa shape index (κ2) is 16.4. The summed E-state index contributed by atoms with van der Waals surface area (Å²) in [6, 6.07) is -1.83. The molecule has 0 saturated carbocycles. The monoisotopic (exact) mass is 370 g/mol. The number of hydrogen-bond donors (Lipinski definition) is 4. The summed E-state index contributed by atoms with van der Waals surface area (Å²) in [7, 11) is 0. The van der Waals surface area contributed by atoms with E-state index in [9.17, 15) is 15.0 Å². The van der Waals surface area contributed by atoms with Gasteiger partial charge in [0.1, 0.15) is 6.10 Å². The standard InChI is InChI=1S/C21H42N2O3/c1-3-4-5-6-7-8-9-10-11-12-13-14-15-16-18(24)19(23)21(26)20(25)17(2)22/h15-19,21,24,26H,3-14,22-23H2,1-2H3/b16-15+/t17-,18+,19+,21?/m0/s1. The summed E-state index contributed by atoms with van der Waals surface area (Å²) in [6.07, 6.45) is 16.2. The minimum absolute atomic E-state index is 0.546. The summed E-state index contributed by atoms with van der Waals surface area (Å²) < 4.78 is 0. The van der Waals surface area contributed by atoms with Gasteiger partial charge in [-0.25, -0.2) is 0 Å². The molecular weight excluding hydrogens is 328 g/mol. The van der Waals surface area contributed by atoms with Crippen LogP contribution in [0.1, 0.15) is 90.9 Å². The Balaban J connectivity index is 3.64. The molecule has 0 aromatic rings. The number of ketones is 1. The van der Waals surface area contributed by atoms with Crippen molar-refractivity contribution in [1.29, 1.82) is 0 Å². The summed E-state index contributed by atoms with van der Waals surface area (Å²) in [5, 5.41) is 19.7. The molecule has 0 heterocycles. The van der Waals surface area contributed by atoms with E-state index in [0.717, 1.165) is 12.8 Å². The van der Waals surface area contributed by atoms with Crippen LogP contribution in [0.5, 0.6) is 0 Å². The Bertz CT molecular complexity index is 372. The lowest BCUT2D eigenvalue weighted by molar-refractivity contribution is -0.130. The first-order chi connectivity index (χ1) is 12.4. The van der Waals surface area contributed by atoms with Crippen molar-refractivity contribution >= 4 is 5.78 Å². The Kier molecular flexibility index (Phi) is 16.0. The van der Waals surface area contributed by atoms with E-state index in [-0.39, 0.29) is 0 Å². The summed E-state index contributed by atoms with van der Waals surface area (Å²) in [6.45, 7) is 3.74. The predicted octanol–water partition coefficient (Wildman–Crippen LogP) is 3.21. The molecule has 0 radical (unpaired) electrons. The van der Waals surface area contributed by atoms with Crippen molar-refractivity contribution in [2.24, 2.45) is 11.5 Å². The molecule has 0 saturated heterocycles. The minimum atomic E-state index is -1.43. The molecule has 154 valence electrons. The third kappa shape index (κ3) is 12.6. The second-order valence-corrected chi connectivity index (χ2v) is 7.46. The molecule has 4 atom stereocenters. The number of hydrogen-bond acceptors (Lipinski definition) is 5. The topological polar surface area (TPSA) is 110 Å². The molecule has 5 nitrogen and oxygen atoms in total. The molecule has 0 bridgehead atoms. The molecule has 0 spiro atoms. The van der Waals surface area contributed by atoms with Gasteiger partial charge in [-0.05, 0) is 19.8 Å². The highest BCUT2D eigenvalue weighted by atomic mass is 16.3. The predicted molar refractivity (Wildman–Crippen MR) is 109 cm³/mol. The molecule has 0 aromatic heterocycles. The minimum Gasteiger partial charge on any atom is -0.387 e. The average Bonchev–Trinajstić information content (AvgIpc) is 2.63. The number of Topliss-reactive ketones (excluding diaryl/α,β-unsaturated/α-hetero) is 1. The Hall–Kier alpha value is -0.750. The van der Waals surface area contributed by atoms with Gasteiger partial charge in [-0.2, -0.15) is 0 Å². The van der Waals surface area contributed by atoms with Crippen LogP contribution in [0.15, 0.2) is 12.2 Å². The van der Waals surface area contributed by atoms with Gasteiger partial charge < -0.3 is 21.7 Å². The molecule has 0 rings (SSSR count). The van der Waals surface area contributed by atoms with Gasteiger partial charge in [-0.3, -0.25) is 4.79 Å². The fourth-order valence-electron chi connectivity index (χ4n) is 2.94. The van der Waals surface area contributed by atoms with E-state index >= 15 is 0 Å². The number of aliphatic hydroxyl groups is 2. The van der Waals surface area contributed by atoms with E-state index in [0.29, 0.717) is 0 Å². The molecule has 26 heavy (non-hydrogen) atoms. The third-order valence-electron chi connectivity index (χ3n) is 4.81. The summed E-state index contributed by atoms with van der Waals surface area (Å²) in [5.41, 5.74) is 11.2. The van der Waals surface area contributed by atoms with E-state index in [2.05, 4.69) is 6.92 Å². The van der Waals surface area contributed by atoms with Gasteiger partial charge >= 0.3 is 0 Å². The van der Waals surface area contributed by atoms with Crippen LogP contribution in [0.4, 0.5) is 0 Å². The first-order valence-corrected chi connectivity index (χ1v) is 10.5. The molecular formula is C21H42N2O3. The van der Waals surface area contributed by atoms with Crippen LogP contribution in [0.3, 0.4) is 0 Å². The van der Waals surface area contributed by atoms with Crippen molar-refractivity contribution in [2.45, 2.75) is 115 Å². The molecule has 6 N–H and O–H groups in total. The lowest BCUT2D eigenvalue weighted by Crippen LogP contribution is -2.51. The van der Waals surface area contributed by atoms with Crippen LogP contribution in [-0.4, -0.2) is 40.3 Å². The third-order valence-corrected chi connectivity index (χ3v) is 4.81. The van der Waals surface area contributed by atoms with Crippen LogP contribution in [0.25, 0.3) is 0 Å². The van der Waals surface area contributed by atoms with Crippen molar-refractivity contribution in [3.63, 3.8) is 0 Å². The molecule has 0 aliphatic rings. The lowest BCUT2D eigenvalue weighted by Gasteiger charge is -2.22. The maximum absolute atomic E-state index is 11.6. The van der Waals surface area contributed by atoms with Crippen molar-refractivity contribution in [3.05, 3.63) is 12.2 Å². The molecule has 0 amide bonds. The van der Waals surface area contributed by atoms with Crippen LogP contribution < -0.4 is 11.5 Å². The maximum Gasteiger partial charge on any atom is 0.179 e. The van der Waals surface area contributed by atoms with Crippen molar-refractivity contribution in [1.82, 2.24) is 0 Å². The Labute approximate surface area is 160 Å². The Morgan fingerprint density at radius 2 is 1.35 bits per heavy atom. The quantitative estimate of drug-likeness (QED) is 0.232. The number of aliphatic hydroxyl groups excluding tert-OH is 2. The first-order valence-electron chi connectivity index (χ1n) is 10.5. The summed E-state index contributed by atoms with van der Waals surface area (Å²) >= 11 is 0. The van der Waals surface area contributed by atoms with Gasteiger partial charge in [-0.15, -0.1) is 0 Å².